The van der Waals surface area contributed by atoms with Gasteiger partial charge in [0.25, 0.3) is 0 Å². The zero-order chi connectivity index (χ0) is 31.9. The number of ether oxygens (including phenoxy) is 3. The van der Waals surface area contributed by atoms with Gasteiger partial charge >= 0.3 is 12.1 Å². The van der Waals surface area contributed by atoms with Crippen molar-refractivity contribution in [3.8, 4) is 0 Å². The van der Waals surface area contributed by atoms with Gasteiger partial charge in [0, 0.05) is 36.3 Å². The van der Waals surface area contributed by atoms with Crippen molar-refractivity contribution >= 4 is 35.5 Å². The third kappa shape index (κ3) is 14.2. The Bertz CT molecular complexity index is 1140. The van der Waals surface area contributed by atoms with E-state index in [0.29, 0.717) is 24.3 Å². The number of hydrogen-bond acceptors (Lipinski definition) is 7. The van der Waals surface area contributed by atoms with E-state index < -0.39 is 41.4 Å². The number of nitrogens with one attached hydrogen (secondary N) is 2. The van der Waals surface area contributed by atoms with Gasteiger partial charge < -0.3 is 30.6 Å². The Hall–Kier alpha value is -3.79. The zero-order valence-corrected chi connectivity index (χ0v) is 26.2. The number of primary amides is 1. The van der Waals surface area contributed by atoms with Gasteiger partial charge in [0.2, 0.25) is 11.8 Å². The van der Waals surface area contributed by atoms with Crippen molar-refractivity contribution in [3.05, 3.63) is 71.2 Å². The summed E-state index contributed by atoms with van der Waals surface area (Å²) in [5.41, 5.74) is 5.48. The molecule has 0 aromatic heterocycles. The van der Waals surface area contributed by atoms with Gasteiger partial charge in [0.05, 0.1) is 7.11 Å². The van der Waals surface area contributed by atoms with Crippen LogP contribution in [0.1, 0.15) is 60.8 Å². The highest BCUT2D eigenvalue weighted by Gasteiger charge is 2.32. The number of esters is 1. The summed E-state index contributed by atoms with van der Waals surface area (Å²) in [6.45, 7) is 11.1. The van der Waals surface area contributed by atoms with Crippen molar-refractivity contribution in [2.24, 2.45) is 17.1 Å². The number of halogens is 1. The molecule has 0 aromatic carbocycles. The molecule has 11 heteroatoms. The third-order valence-electron chi connectivity index (χ3n) is 6.15. The third-order valence-corrected chi connectivity index (χ3v) is 6.30. The van der Waals surface area contributed by atoms with E-state index in [1.807, 2.05) is 46.8 Å². The molecule has 0 aliphatic carbocycles. The molecule has 42 heavy (non-hydrogen) atoms. The quantitative estimate of drug-likeness (QED) is 0.142. The summed E-state index contributed by atoms with van der Waals surface area (Å²) in [5.74, 6) is -1.10. The number of nitrogens with two attached hydrogens (primary N) is 1. The standard InChI is InChI=1S/C31H44ClN3O7/c1-20(19-21(2)24-16-17-25(40-7)29(38)42-24)11-8-9-13-26(36)35-27(31(4,5)6)28(37)34-18-10-12-23(41-30(33)39)15-14-22(3)32/h8-11,13-14,17-19,21,23-24,27H,12,15-16H2,1-7H3,(H2,33,39)(H,34,37)(H,35,36)/b11-8-,13-9-,18-10-,20-19+,22-14+/t21-,23-,24?,27+/m0/s1. The molecule has 3 amide bonds. The predicted octanol–water partition coefficient (Wildman–Crippen LogP) is 5.07. The molecular formula is C31H44ClN3O7. The smallest absolute Gasteiger partial charge is 0.404 e. The second kappa shape index (κ2) is 17.9. The zero-order valence-electron chi connectivity index (χ0n) is 25.4. The van der Waals surface area contributed by atoms with Crippen molar-refractivity contribution in [2.75, 3.05) is 7.11 Å². The van der Waals surface area contributed by atoms with Crippen LogP contribution in [0.4, 0.5) is 4.79 Å². The van der Waals surface area contributed by atoms with E-state index in [0.717, 1.165) is 5.57 Å². The largest absolute Gasteiger partial charge is 0.490 e. The van der Waals surface area contributed by atoms with Gasteiger partial charge in [-0.25, -0.2) is 9.59 Å². The highest BCUT2D eigenvalue weighted by atomic mass is 35.5. The summed E-state index contributed by atoms with van der Waals surface area (Å²) in [6.07, 6.45) is 14.5. The first-order valence-electron chi connectivity index (χ1n) is 13.7. The Morgan fingerprint density at radius 3 is 2.43 bits per heavy atom. The fourth-order valence-electron chi connectivity index (χ4n) is 3.93. The van der Waals surface area contributed by atoms with Crippen LogP contribution in [0.2, 0.25) is 0 Å². The first-order chi connectivity index (χ1) is 19.6. The summed E-state index contributed by atoms with van der Waals surface area (Å²) >= 11 is 5.84. The van der Waals surface area contributed by atoms with Crippen LogP contribution in [0.5, 0.6) is 0 Å². The minimum Gasteiger partial charge on any atom is -0.490 e. The van der Waals surface area contributed by atoms with Crippen LogP contribution in [0.25, 0.3) is 0 Å². The molecule has 4 N–H and O–H groups in total. The minimum absolute atomic E-state index is 0.0196. The second-order valence-corrected chi connectivity index (χ2v) is 11.6. The van der Waals surface area contributed by atoms with Gasteiger partial charge in [0.1, 0.15) is 18.2 Å². The SMILES string of the molecule is COC1=CCC([C@@H](C)/C=C(C)/C=C\C=C/C(=O)N[C@H](C(=O)N/C=C\C[C@@H](C/C=C(\C)Cl)OC(N)=O)C(C)(C)C)OC1=O. The molecule has 1 aliphatic rings. The lowest BCUT2D eigenvalue weighted by Crippen LogP contribution is -2.52. The molecule has 10 nitrogen and oxygen atoms in total. The van der Waals surface area contributed by atoms with E-state index in [9.17, 15) is 19.2 Å². The monoisotopic (exact) mass is 605 g/mol. The molecule has 0 aromatic rings. The molecule has 0 saturated carbocycles. The maximum absolute atomic E-state index is 12.9. The van der Waals surface area contributed by atoms with Gasteiger partial charge in [-0.05, 0) is 31.5 Å². The Balaban J connectivity index is 2.70. The molecule has 0 spiro atoms. The Kier molecular flexibility index (Phi) is 15.4. The van der Waals surface area contributed by atoms with E-state index in [1.165, 1.54) is 19.4 Å². The molecule has 1 rings (SSSR count). The number of carbonyl (C=O) groups is 4. The van der Waals surface area contributed by atoms with E-state index in [2.05, 4.69) is 10.6 Å². The number of allylic oxidation sites excluding steroid dienone is 5. The summed E-state index contributed by atoms with van der Waals surface area (Å²) in [7, 11) is 1.43. The molecule has 1 heterocycles. The molecule has 4 atom stereocenters. The Morgan fingerprint density at radius 2 is 1.86 bits per heavy atom. The number of rotatable bonds is 14. The number of methoxy groups -OCH3 is 1. The Labute approximate surface area is 253 Å². The fraction of sp³-hybridized carbons (Fsp3) is 0.484. The van der Waals surface area contributed by atoms with Gasteiger partial charge in [-0.3, -0.25) is 9.59 Å². The summed E-state index contributed by atoms with van der Waals surface area (Å²) in [6, 6.07) is -0.823. The molecular weight excluding hydrogens is 562 g/mol. The maximum atomic E-state index is 12.9. The van der Waals surface area contributed by atoms with Crippen molar-refractivity contribution < 1.29 is 33.4 Å². The number of cyclic esters (lactones) is 1. The van der Waals surface area contributed by atoms with Crippen LogP contribution in [0, 0.1) is 11.3 Å². The van der Waals surface area contributed by atoms with Crippen LogP contribution in [0.3, 0.4) is 0 Å². The maximum Gasteiger partial charge on any atom is 0.404 e. The lowest BCUT2D eigenvalue weighted by Gasteiger charge is -2.29. The molecule has 0 bridgehead atoms. The minimum atomic E-state index is -0.900. The molecule has 0 saturated heterocycles. The molecule has 232 valence electrons. The van der Waals surface area contributed by atoms with Crippen molar-refractivity contribution in [1.82, 2.24) is 10.6 Å². The van der Waals surface area contributed by atoms with Crippen LogP contribution in [0.15, 0.2) is 71.2 Å². The van der Waals surface area contributed by atoms with Gasteiger partial charge in [-0.15, -0.1) is 0 Å². The van der Waals surface area contributed by atoms with Gasteiger partial charge in [-0.2, -0.15) is 0 Å². The van der Waals surface area contributed by atoms with E-state index in [-0.39, 0.29) is 17.8 Å². The summed E-state index contributed by atoms with van der Waals surface area (Å²) < 4.78 is 15.5. The van der Waals surface area contributed by atoms with E-state index >= 15 is 0 Å². The van der Waals surface area contributed by atoms with E-state index in [1.54, 1.807) is 37.3 Å². The molecule has 1 aliphatic heterocycles. The number of hydrogen-bond donors (Lipinski definition) is 3. The highest BCUT2D eigenvalue weighted by molar-refractivity contribution is 6.29. The first kappa shape index (κ1) is 36.2. The van der Waals surface area contributed by atoms with Crippen LogP contribution < -0.4 is 16.4 Å². The summed E-state index contributed by atoms with van der Waals surface area (Å²) in [4.78, 5) is 48.5. The average molecular weight is 606 g/mol. The predicted molar refractivity (Wildman–Crippen MR) is 163 cm³/mol. The topological polar surface area (TPSA) is 146 Å². The Morgan fingerprint density at radius 1 is 1.19 bits per heavy atom. The van der Waals surface area contributed by atoms with Crippen LogP contribution in [-0.2, 0) is 28.6 Å². The van der Waals surface area contributed by atoms with Gasteiger partial charge in [-0.1, -0.05) is 81.3 Å². The molecule has 1 unspecified atom stereocenters. The van der Waals surface area contributed by atoms with Gasteiger partial charge in [0.15, 0.2) is 5.76 Å². The molecule has 0 fully saturated rings. The van der Waals surface area contributed by atoms with Crippen LogP contribution in [-0.4, -0.2) is 49.2 Å². The number of amides is 3. The normalized spacial score (nSPS) is 18.8. The lowest BCUT2D eigenvalue weighted by atomic mass is 9.86. The second-order valence-electron chi connectivity index (χ2n) is 11.0. The fourth-order valence-corrected chi connectivity index (χ4v) is 4.02. The van der Waals surface area contributed by atoms with E-state index in [4.69, 9.17) is 31.5 Å². The van der Waals surface area contributed by atoms with Crippen molar-refractivity contribution in [1.29, 1.82) is 0 Å². The average Bonchev–Trinajstić information content (AvgIpc) is 2.89. The van der Waals surface area contributed by atoms with Crippen molar-refractivity contribution in [2.45, 2.75) is 79.1 Å². The number of carbonyl (C=O) groups excluding carboxylic acids is 4. The van der Waals surface area contributed by atoms with Crippen molar-refractivity contribution in [3.63, 3.8) is 0 Å². The highest BCUT2D eigenvalue weighted by Crippen LogP contribution is 2.23. The lowest BCUT2D eigenvalue weighted by molar-refractivity contribution is -0.151. The first-order valence-corrected chi connectivity index (χ1v) is 14.0. The van der Waals surface area contributed by atoms with Crippen LogP contribution >= 0.6 is 11.6 Å². The molecule has 0 radical (unpaired) electrons. The summed E-state index contributed by atoms with van der Waals surface area (Å²) in [5, 5.41) is 5.98.